The molecule has 2 rings (SSSR count). The molecule has 0 aromatic heterocycles. The maximum absolute atomic E-state index is 5.70. The van der Waals surface area contributed by atoms with E-state index in [-0.39, 0.29) is 0 Å². The van der Waals surface area contributed by atoms with Crippen molar-refractivity contribution in [2.45, 2.75) is 44.6 Å². The molecule has 16 heavy (non-hydrogen) atoms. The molecule has 2 fully saturated rings. The lowest BCUT2D eigenvalue weighted by molar-refractivity contribution is 0.136. The first-order valence-electron chi connectivity index (χ1n) is 6.82. The zero-order chi connectivity index (χ0) is 11.2. The number of likely N-dealkylation sites (tertiary alicyclic amines) is 2. The Hall–Kier alpha value is -0.520. The fourth-order valence-electron chi connectivity index (χ4n) is 2.89. The van der Waals surface area contributed by atoms with Crippen LogP contribution in [0.5, 0.6) is 0 Å². The summed E-state index contributed by atoms with van der Waals surface area (Å²) in [6.07, 6.45) is 13.9. The average Bonchev–Trinajstić information content (AvgIpc) is 2.38. The van der Waals surface area contributed by atoms with E-state index in [0.29, 0.717) is 6.04 Å². The largest absolute Gasteiger partial charge is 0.301 e. The van der Waals surface area contributed by atoms with Crippen molar-refractivity contribution in [1.29, 1.82) is 0 Å². The van der Waals surface area contributed by atoms with Gasteiger partial charge in [0, 0.05) is 6.54 Å². The Morgan fingerprint density at radius 2 is 1.44 bits per heavy atom. The summed E-state index contributed by atoms with van der Waals surface area (Å²) in [5, 5.41) is 0. The number of piperidine rings is 2. The van der Waals surface area contributed by atoms with E-state index in [4.69, 9.17) is 6.42 Å². The predicted molar refractivity (Wildman–Crippen MR) is 68.3 cm³/mol. The third-order valence-electron chi connectivity index (χ3n) is 3.90. The standard InChI is InChI=1S/C14H24N2/c1-2-14(16-11-7-4-8-12-16)13-15-9-5-3-6-10-15/h1,14H,3-13H2/t14-/m1/s1. The van der Waals surface area contributed by atoms with Gasteiger partial charge < -0.3 is 4.90 Å². The average molecular weight is 220 g/mol. The smallest absolute Gasteiger partial charge is 0.0840 e. The number of hydrogen-bond acceptors (Lipinski definition) is 2. The molecule has 2 heterocycles. The fraction of sp³-hybridized carbons (Fsp3) is 0.857. The summed E-state index contributed by atoms with van der Waals surface area (Å²) in [7, 11) is 0. The molecule has 0 unspecified atom stereocenters. The molecule has 0 saturated carbocycles. The molecule has 0 N–H and O–H groups in total. The normalized spacial score (nSPS) is 26.2. The van der Waals surface area contributed by atoms with Gasteiger partial charge in [-0.15, -0.1) is 6.42 Å². The molecule has 2 nitrogen and oxygen atoms in total. The summed E-state index contributed by atoms with van der Waals surface area (Å²) in [5.41, 5.74) is 0. The van der Waals surface area contributed by atoms with Crippen molar-refractivity contribution < 1.29 is 0 Å². The van der Waals surface area contributed by atoms with Crippen LogP contribution in [-0.4, -0.2) is 48.6 Å². The van der Waals surface area contributed by atoms with Crippen LogP contribution in [0.25, 0.3) is 0 Å². The second kappa shape index (κ2) is 6.27. The van der Waals surface area contributed by atoms with Crippen LogP contribution in [0.3, 0.4) is 0 Å². The number of terminal acetylenes is 1. The summed E-state index contributed by atoms with van der Waals surface area (Å²) < 4.78 is 0. The second-order valence-corrected chi connectivity index (χ2v) is 5.14. The van der Waals surface area contributed by atoms with Crippen molar-refractivity contribution >= 4 is 0 Å². The van der Waals surface area contributed by atoms with E-state index in [2.05, 4.69) is 15.7 Å². The van der Waals surface area contributed by atoms with Gasteiger partial charge >= 0.3 is 0 Å². The molecule has 0 aromatic rings. The Balaban J connectivity index is 1.81. The summed E-state index contributed by atoms with van der Waals surface area (Å²) >= 11 is 0. The highest BCUT2D eigenvalue weighted by Gasteiger charge is 2.21. The molecular weight excluding hydrogens is 196 g/mol. The second-order valence-electron chi connectivity index (χ2n) is 5.14. The predicted octanol–water partition coefficient (Wildman–Crippen LogP) is 1.96. The van der Waals surface area contributed by atoms with Crippen molar-refractivity contribution in [2.24, 2.45) is 0 Å². The van der Waals surface area contributed by atoms with E-state index >= 15 is 0 Å². The Kier molecular flexibility index (Phi) is 4.69. The van der Waals surface area contributed by atoms with Gasteiger partial charge in [0.2, 0.25) is 0 Å². The fourth-order valence-corrected chi connectivity index (χ4v) is 2.89. The lowest BCUT2D eigenvalue weighted by atomic mass is 10.1. The summed E-state index contributed by atoms with van der Waals surface area (Å²) in [5.74, 6) is 3.00. The van der Waals surface area contributed by atoms with E-state index in [0.717, 1.165) is 6.54 Å². The lowest BCUT2D eigenvalue weighted by Gasteiger charge is -2.36. The van der Waals surface area contributed by atoms with Crippen LogP contribution >= 0.6 is 0 Å². The van der Waals surface area contributed by atoms with Crippen molar-refractivity contribution in [3.8, 4) is 12.3 Å². The quantitative estimate of drug-likeness (QED) is 0.671. The van der Waals surface area contributed by atoms with Crippen LogP contribution in [0.1, 0.15) is 38.5 Å². The zero-order valence-corrected chi connectivity index (χ0v) is 10.3. The van der Waals surface area contributed by atoms with Gasteiger partial charge in [0.1, 0.15) is 0 Å². The minimum Gasteiger partial charge on any atom is -0.301 e. The van der Waals surface area contributed by atoms with Gasteiger partial charge in [-0.2, -0.15) is 0 Å². The van der Waals surface area contributed by atoms with E-state index in [1.807, 2.05) is 0 Å². The molecular formula is C14H24N2. The van der Waals surface area contributed by atoms with E-state index in [1.54, 1.807) is 0 Å². The van der Waals surface area contributed by atoms with Gasteiger partial charge in [-0.3, -0.25) is 4.90 Å². The van der Waals surface area contributed by atoms with Gasteiger partial charge in [-0.05, 0) is 51.9 Å². The third-order valence-corrected chi connectivity index (χ3v) is 3.90. The number of nitrogens with zero attached hydrogens (tertiary/aromatic N) is 2. The summed E-state index contributed by atoms with van der Waals surface area (Å²) in [6.45, 7) is 6.03. The first kappa shape index (κ1) is 12.0. The van der Waals surface area contributed by atoms with Crippen molar-refractivity contribution in [3.05, 3.63) is 0 Å². The Morgan fingerprint density at radius 3 is 2.00 bits per heavy atom. The highest BCUT2D eigenvalue weighted by molar-refractivity contribution is 5.02. The van der Waals surface area contributed by atoms with Crippen molar-refractivity contribution in [1.82, 2.24) is 9.80 Å². The Morgan fingerprint density at radius 1 is 0.875 bits per heavy atom. The molecule has 2 aliphatic heterocycles. The van der Waals surface area contributed by atoms with E-state index < -0.39 is 0 Å². The van der Waals surface area contributed by atoms with Gasteiger partial charge in [0.25, 0.3) is 0 Å². The molecule has 0 amide bonds. The molecule has 2 heteroatoms. The molecule has 0 aliphatic carbocycles. The maximum Gasteiger partial charge on any atom is 0.0840 e. The molecule has 0 aromatic carbocycles. The van der Waals surface area contributed by atoms with Crippen molar-refractivity contribution in [3.63, 3.8) is 0 Å². The molecule has 2 aliphatic rings. The SMILES string of the molecule is C#C[C@H](CN1CCCCC1)N1CCCCC1. The monoisotopic (exact) mass is 220 g/mol. The highest BCUT2D eigenvalue weighted by atomic mass is 15.2. The van der Waals surface area contributed by atoms with Crippen LogP contribution in [0.4, 0.5) is 0 Å². The van der Waals surface area contributed by atoms with Gasteiger partial charge in [-0.1, -0.05) is 18.8 Å². The number of hydrogen-bond donors (Lipinski definition) is 0. The first-order chi connectivity index (χ1) is 7.90. The maximum atomic E-state index is 5.70. The van der Waals surface area contributed by atoms with Gasteiger partial charge in [0.05, 0.1) is 6.04 Å². The Labute approximate surface area is 100.0 Å². The van der Waals surface area contributed by atoms with Crippen LogP contribution in [0, 0.1) is 12.3 Å². The zero-order valence-electron chi connectivity index (χ0n) is 10.3. The topological polar surface area (TPSA) is 6.48 Å². The van der Waals surface area contributed by atoms with Gasteiger partial charge in [-0.25, -0.2) is 0 Å². The summed E-state index contributed by atoms with van der Waals surface area (Å²) in [4.78, 5) is 5.07. The Bertz CT molecular complexity index is 232. The molecule has 0 bridgehead atoms. The van der Waals surface area contributed by atoms with Crippen LogP contribution in [0.15, 0.2) is 0 Å². The minimum atomic E-state index is 0.360. The van der Waals surface area contributed by atoms with Crippen molar-refractivity contribution in [2.75, 3.05) is 32.7 Å². The molecule has 90 valence electrons. The van der Waals surface area contributed by atoms with Crippen LogP contribution < -0.4 is 0 Å². The number of rotatable bonds is 3. The molecule has 0 radical (unpaired) electrons. The lowest BCUT2D eigenvalue weighted by Crippen LogP contribution is -2.46. The van der Waals surface area contributed by atoms with E-state index in [9.17, 15) is 0 Å². The van der Waals surface area contributed by atoms with Crippen LogP contribution in [-0.2, 0) is 0 Å². The molecule has 1 atom stereocenters. The summed E-state index contributed by atoms with van der Waals surface area (Å²) in [6, 6.07) is 0.360. The first-order valence-corrected chi connectivity index (χ1v) is 6.82. The minimum absolute atomic E-state index is 0.360. The third kappa shape index (κ3) is 3.23. The molecule has 2 saturated heterocycles. The highest BCUT2D eigenvalue weighted by Crippen LogP contribution is 2.15. The van der Waals surface area contributed by atoms with Crippen LogP contribution in [0.2, 0.25) is 0 Å². The van der Waals surface area contributed by atoms with E-state index in [1.165, 1.54) is 64.7 Å². The van der Waals surface area contributed by atoms with Gasteiger partial charge in [0.15, 0.2) is 0 Å². The molecule has 0 spiro atoms.